The molecule has 1 atom stereocenters. The second kappa shape index (κ2) is 11.7. The molecule has 0 aliphatic heterocycles. The van der Waals surface area contributed by atoms with Gasteiger partial charge in [-0.1, -0.05) is 36.2 Å². The van der Waals surface area contributed by atoms with Gasteiger partial charge < -0.3 is 9.84 Å². The summed E-state index contributed by atoms with van der Waals surface area (Å²) in [6.45, 7) is 3.34. The summed E-state index contributed by atoms with van der Waals surface area (Å²) in [4.78, 5) is 24.0. The van der Waals surface area contributed by atoms with E-state index in [9.17, 15) is 18.0 Å². The van der Waals surface area contributed by atoms with E-state index in [1.165, 1.54) is 43.5 Å². The summed E-state index contributed by atoms with van der Waals surface area (Å²) in [6.07, 6.45) is 0.933. The number of benzene rings is 2. The third kappa shape index (κ3) is 6.97. The van der Waals surface area contributed by atoms with Crippen LogP contribution in [0.1, 0.15) is 35.3 Å². The number of halogens is 2. The summed E-state index contributed by atoms with van der Waals surface area (Å²) >= 11 is 12.7. The number of rotatable bonds is 10. The van der Waals surface area contributed by atoms with E-state index >= 15 is 0 Å². The zero-order chi connectivity index (χ0) is 26.5. The predicted molar refractivity (Wildman–Crippen MR) is 140 cm³/mol. The smallest absolute Gasteiger partial charge is 0.344 e. The van der Waals surface area contributed by atoms with Gasteiger partial charge >= 0.3 is 5.97 Å². The lowest BCUT2D eigenvalue weighted by molar-refractivity contribution is -0.144. The highest BCUT2D eigenvalue weighted by Gasteiger charge is 2.21. The van der Waals surface area contributed by atoms with Crippen molar-refractivity contribution in [3.05, 3.63) is 74.6 Å². The second-order valence-electron chi connectivity index (χ2n) is 7.38. The lowest BCUT2D eigenvalue weighted by Gasteiger charge is -2.14. The average Bonchev–Trinajstić information content (AvgIpc) is 3.27. The topological polar surface area (TPSA) is 134 Å². The Balaban J connectivity index is 1.83. The fourth-order valence-corrected chi connectivity index (χ4v) is 5.65. The molecule has 9 nitrogen and oxygen atoms in total. The van der Waals surface area contributed by atoms with Crippen LogP contribution in [-0.4, -0.2) is 37.7 Å². The van der Waals surface area contributed by atoms with Crippen molar-refractivity contribution in [1.29, 1.82) is 0 Å². The number of ether oxygens (including phenoxy) is 1. The number of carboxylic acid groups (broad SMARTS) is 1. The molecule has 0 radical (unpaired) electrons. The van der Waals surface area contributed by atoms with Gasteiger partial charge in [0.1, 0.15) is 9.96 Å². The number of hydrogen-bond donors (Lipinski definition) is 3. The quantitative estimate of drug-likeness (QED) is 0.231. The summed E-state index contributed by atoms with van der Waals surface area (Å²) in [5, 5.41) is 13.3. The SMILES string of the molecule is CCc1ccc(OC(C)C(=O)O)c(/C=N\NC(=O)c2ccc(Cl)cc2NS(=O)(=O)c2ccc(Cl)s2)c1. The first-order valence-electron chi connectivity index (χ1n) is 10.4. The number of carboxylic acids is 1. The molecule has 0 spiro atoms. The fraction of sp³-hybridized carbons (Fsp3) is 0.174. The van der Waals surface area contributed by atoms with Crippen molar-refractivity contribution in [3.63, 3.8) is 0 Å². The molecule has 190 valence electrons. The number of thiophene rings is 1. The van der Waals surface area contributed by atoms with Crippen molar-refractivity contribution in [3.8, 4) is 5.75 Å². The Morgan fingerprint density at radius 1 is 1.17 bits per heavy atom. The van der Waals surface area contributed by atoms with Crippen LogP contribution in [0.4, 0.5) is 5.69 Å². The van der Waals surface area contributed by atoms with E-state index in [4.69, 9.17) is 33.0 Å². The van der Waals surface area contributed by atoms with Crippen LogP contribution < -0.4 is 14.9 Å². The van der Waals surface area contributed by atoms with Gasteiger partial charge in [-0.15, -0.1) is 11.3 Å². The van der Waals surface area contributed by atoms with Gasteiger partial charge in [0.15, 0.2) is 6.10 Å². The van der Waals surface area contributed by atoms with Crippen LogP contribution in [0.5, 0.6) is 5.75 Å². The number of amides is 1. The van der Waals surface area contributed by atoms with Crippen LogP contribution in [0.25, 0.3) is 0 Å². The molecule has 0 aliphatic carbocycles. The Bertz CT molecular complexity index is 1420. The summed E-state index contributed by atoms with van der Waals surface area (Å²) < 4.78 is 33.5. The Labute approximate surface area is 221 Å². The number of sulfonamides is 1. The third-order valence-electron chi connectivity index (χ3n) is 4.79. The fourth-order valence-electron chi connectivity index (χ4n) is 2.92. The number of hydrogen-bond acceptors (Lipinski definition) is 7. The molecular formula is C23H21Cl2N3O6S2. The molecule has 0 aliphatic rings. The summed E-state index contributed by atoms with van der Waals surface area (Å²) in [6, 6.07) is 12.1. The van der Waals surface area contributed by atoms with Crippen molar-refractivity contribution in [1.82, 2.24) is 5.43 Å². The van der Waals surface area contributed by atoms with E-state index in [2.05, 4.69) is 15.2 Å². The van der Waals surface area contributed by atoms with Gasteiger partial charge in [-0.25, -0.2) is 18.6 Å². The summed E-state index contributed by atoms with van der Waals surface area (Å²) in [5.41, 5.74) is 3.66. The third-order valence-corrected chi connectivity index (χ3v) is 8.11. The number of carbonyl (C=O) groups excluding carboxylic acids is 1. The number of nitrogens with zero attached hydrogens (tertiary/aromatic N) is 1. The van der Waals surface area contributed by atoms with Crippen LogP contribution in [0.2, 0.25) is 9.36 Å². The number of hydrazone groups is 1. The summed E-state index contributed by atoms with van der Waals surface area (Å²) in [7, 11) is -4.02. The molecule has 0 bridgehead atoms. The maximum Gasteiger partial charge on any atom is 0.344 e. The van der Waals surface area contributed by atoms with E-state index in [1.54, 1.807) is 18.2 Å². The van der Waals surface area contributed by atoms with E-state index in [-0.39, 0.29) is 26.2 Å². The van der Waals surface area contributed by atoms with E-state index in [0.717, 1.165) is 16.9 Å². The maximum atomic E-state index is 12.8. The van der Waals surface area contributed by atoms with Crippen LogP contribution in [-0.2, 0) is 21.2 Å². The Morgan fingerprint density at radius 2 is 1.92 bits per heavy atom. The molecule has 3 rings (SSSR count). The number of carbonyl (C=O) groups is 2. The highest BCUT2D eigenvalue weighted by molar-refractivity contribution is 7.94. The van der Waals surface area contributed by atoms with Gasteiger partial charge in [0.25, 0.3) is 15.9 Å². The molecule has 1 aromatic heterocycles. The molecule has 2 aromatic carbocycles. The highest BCUT2D eigenvalue weighted by Crippen LogP contribution is 2.29. The van der Waals surface area contributed by atoms with E-state index < -0.39 is 28.0 Å². The Kier molecular flexibility index (Phi) is 8.96. The minimum absolute atomic E-state index is 0.0268. The average molecular weight is 570 g/mol. The molecule has 1 amide bonds. The first kappa shape index (κ1) is 27.5. The minimum Gasteiger partial charge on any atom is -0.479 e. The number of aryl methyl sites for hydroxylation is 1. The van der Waals surface area contributed by atoms with Crippen molar-refractivity contribution in [2.75, 3.05) is 4.72 Å². The molecule has 0 saturated heterocycles. The predicted octanol–water partition coefficient (Wildman–Crippen LogP) is 5.03. The van der Waals surface area contributed by atoms with Crippen molar-refractivity contribution in [2.24, 2.45) is 5.10 Å². The molecule has 13 heteroatoms. The number of aliphatic carboxylic acids is 1. The zero-order valence-corrected chi connectivity index (χ0v) is 22.1. The largest absolute Gasteiger partial charge is 0.479 e. The highest BCUT2D eigenvalue weighted by atomic mass is 35.5. The van der Waals surface area contributed by atoms with Crippen molar-refractivity contribution < 1.29 is 27.9 Å². The number of nitrogens with one attached hydrogen (secondary N) is 2. The molecule has 1 heterocycles. The van der Waals surface area contributed by atoms with Crippen molar-refractivity contribution >= 4 is 68.3 Å². The van der Waals surface area contributed by atoms with Gasteiger partial charge in [0.05, 0.1) is 21.8 Å². The first-order chi connectivity index (χ1) is 17.0. The van der Waals surface area contributed by atoms with Crippen LogP contribution in [0.3, 0.4) is 0 Å². The molecule has 0 saturated carbocycles. The lowest BCUT2D eigenvalue weighted by atomic mass is 10.1. The molecule has 1 unspecified atom stereocenters. The Morgan fingerprint density at radius 3 is 2.56 bits per heavy atom. The first-order valence-corrected chi connectivity index (χ1v) is 13.5. The second-order valence-corrected chi connectivity index (χ2v) is 11.4. The zero-order valence-electron chi connectivity index (χ0n) is 19.0. The number of anilines is 1. The molecule has 36 heavy (non-hydrogen) atoms. The molecule has 0 fully saturated rings. The molecule has 3 aromatic rings. The Hall–Kier alpha value is -3.12. The van der Waals surface area contributed by atoms with E-state index in [0.29, 0.717) is 16.3 Å². The van der Waals surface area contributed by atoms with Gasteiger partial charge in [-0.3, -0.25) is 9.52 Å². The minimum atomic E-state index is -4.02. The van der Waals surface area contributed by atoms with Gasteiger partial charge in [-0.2, -0.15) is 5.10 Å². The van der Waals surface area contributed by atoms with Crippen LogP contribution in [0, 0.1) is 0 Å². The molecular weight excluding hydrogens is 549 g/mol. The van der Waals surface area contributed by atoms with Gasteiger partial charge in [0.2, 0.25) is 0 Å². The van der Waals surface area contributed by atoms with Gasteiger partial charge in [-0.05, 0) is 61.4 Å². The van der Waals surface area contributed by atoms with Crippen LogP contribution in [0.15, 0.2) is 57.8 Å². The monoisotopic (exact) mass is 569 g/mol. The summed E-state index contributed by atoms with van der Waals surface area (Å²) in [5.74, 6) is -1.57. The van der Waals surface area contributed by atoms with Gasteiger partial charge in [0, 0.05) is 10.6 Å². The normalized spacial score (nSPS) is 12.3. The lowest BCUT2D eigenvalue weighted by Crippen LogP contribution is -2.23. The van der Waals surface area contributed by atoms with Crippen LogP contribution >= 0.6 is 34.5 Å². The maximum absolute atomic E-state index is 12.8. The van der Waals surface area contributed by atoms with E-state index in [1.807, 2.05) is 6.92 Å². The van der Waals surface area contributed by atoms with Crippen molar-refractivity contribution in [2.45, 2.75) is 30.6 Å². The standard InChI is InChI=1S/C23H21Cl2N3O6S2/c1-3-14-4-7-19(34-13(2)23(30)31)15(10-14)12-26-27-22(29)17-6-5-16(24)11-18(17)28-36(32,33)21-9-8-20(25)35-21/h4-13,28H,3H2,1-2H3,(H,27,29)(H,30,31)/b26-12-. The molecule has 3 N–H and O–H groups in total.